The van der Waals surface area contributed by atoms with Crippen LogP contribution in [0.4, 0.5) is 17.1 Å². The molecule has 0 amide bonds. The van der Waals surface area contributed by atoms with Gasteiger partial charge in [0.2, 0.25) is 0 Å². The van der Waals surface area contributed by atoms with Crippen LogP contribution >= 0.6 is 0 Å². The Balaban J connectivity index is 1.48. The summed E-state index contributed by atoms with van der Waals surface area (Å²) in [6, 6.07) is 18.8. The quantitative estimate of drug-likeness (QED) is 0.617. The molecule has 5 nitrogen and oxygen atoms in total. The third-order valence-electron chi connectivity index (χ3n) is 5.62. The lowest BCUT2D eigenvalue weighted by Gasteiger charge is -2.21. The van der Waals surface area contributed by atoms with Gasteiger partial charge in [-0.2, -0.15) is 0 Å². The van der Waals surface area contributed by atoms with Crippen LogP contribution in [0.5, 0.6) is 0 Å². The molecule has 0 bridgehead atoms. The second-order valence-corrected chi connectivity index (χ2v) is 7.31. The molecule has 0 aliphatic heterocycles. The monoisotopic (exact) mass is 387 g/mol. The number of nitrogens with one attached hydrogen (secondary N) is 1. The van der Waals surface area contributed by atoms with Crippen molar-refractivity contribution in [2.75, 3.05) is 30.9 Å². The van der Waals surface area contributed by atoms with E-state index in [1.54, 1.807) is 18.5 Å². The Morgan fingerprint density at radius 3 is 2.79 bits per heavy atom. The van der Waals surface area contributed by atoms with E-state index in [2.05, 4.69) is 64.7 Å². The zero-order valence-electron chi connectivity index (χ0n) is 16.8. The van der Waals surface area contributed by atoms with E-state index in [0.29, 0.717) is 17.2 Å². The molecule has 1 N–H and O–H groups in total. The number of rotatable bonds is 6. The number of hydrogen-bond acceptors (Lipinski definition) is 5. The minimum Gasteiger partial charge on any atom is -0.465 e. The average molecular weight is 387 g/mol. The normalized spacial score (nSPS) is 14.9. The predicted octanol–water partition coefficient (Wildman–Crippen LogP) is 4.78. The van der Waals surface area contributed by atoms with Crippen LogP contribution < -0.4 is 10.2 Å². The Labute approximate surface area is 171 Å². The molecule has 1 aromatic heterocycles. The van der Waals surface area contributed by atoms with Gasteiger partial charge in [-0.15, -0.1) is 0 Å². The Morgan fingerprint density at radius 1 is 1.17 bits per heavy atom. The zero-order valence-corrected chi connectivity index (χ0v) is 16.8. The smallest absolute Gasteiger partial charge is 0.340 e. The van der Waals surface area contributed by atoms with E-state index in [1.165, 1.54) is 29.6 Å². The Bertz CT molecular complexity index is 1000. The van der Waals surface area contributed by atoms with Gasteiger partial charge in [0, 0.05) is 37.1 Å². The Hall–Kier alpha value is -3.34. The van der Waals surface area contributed by atoms with E-state index in [4.69, 9.17) is 4.74 Å². The van der Waals surface area contributed by atoms with E-state index in [1.807, 2.05) is 6.07 Å². The summed E-state index contributed by atoms with van der Waals surface area (Å²) in [4.78, 5) is 18.3. The largest absolute Gasteiger partial charge is 0.465 e. The first-order valence-corrected chi connectivity index (χ1v) is 9.85. The number of hydrogen-bond donors (Lipinski definition) is 1. The zero-order chi connectivity index (χ0) is 20.2. The second-order valence-electron chi connectivity index (χ2n) is 7.31. The van der Waals surface area contributed by atoms with E-state index in [-0.39, 0.29) is 5.97 Å². The molecular formula is C24H25N3O2. The van der Waals surface area contributed by atoms with Crippen molar-refractivity contribution in [3.8, 4) is 0 Å². The summed E-state index contributed by atoms with van der Waals surface area (Å²) in [5, 5.41) is 3.40. The number of para-hydroxylation sites is 1. The van der Waals surface area contributed by atoms with Crippen molar-refractivity contribution in [1.29, 1.82) is 0 Å². The van der Waals surface area contributed by atoms with E-state index < -0.39 is 0 Å². The molecule has 0 unspecified atom stereocenters. The Kier molecular flexibility index (Phi) is 5.47. The number of anilines is 3. The lowest BCUT2D eigenvalue weighted by molar-refractivity contribution is 0.0601. The third-order valence-corrected chi connectivity index (χ3v) is 5.62. The van der Waals surface area contributed by atoms with E-state index in [0.717, 1.165) is 19.4 Å². The Morgan fingerprint density at radius 2 is 2.00 bits per heavy atom. The maximum absolute atomic E-state index is 12.0. The molecule has 1 atom stereocenters. The van der Waals surface area contributed by atoms with Crippen LogP contribution in [0, 0.1) is 0 Å². The summed E-state index contributed by atoms with van der Waals surface area (Å²) in [5.41, 5.74) is 6.39. The number of carbonyl (C=O) groups excluding carboxylic acids is 1. The molecule has 148 valence electrons. The highest BCUT2D eigenvalue weighted by Crippen LogP contribution is 2.36. The maximum atomic E-state index is 12.0. The van der Waals surface area contributed by atoms with Crippen LogP contribution in [0.1, 0.15) is 33.8 Å². The van der Waals surface area contributed by atoms with Gasteiger partial charge in [0.05, 0.1) is 24.6 Å². The first kappa shape index (κ1) is 19.0. The van der Waals surface area contributed by atoms with Gasteiger partial charge in [-0.3, -0.25) is 4.98 Å². The number of aromatic nitrogens is 1. The van der Waals surface area contributed by atoms with Gasteiger partial charge in [0.15, 0.2) is 0 Å². The number of carbonyl (C=O) groups is 1. The minimum absolute atomic E-state index is 0.352. The first-order chi connectivity index (χ1) is 14.2. The number of fused-ring (bicyclic) bond motifs is 1. The van der Waals surface area contributed by atoms with Crippen LogP contribution in [-0.4, -0.2) is 31.7 Å². The number of methoxy groups -OCH3 is 1. The number of pyridine rings is 1. The molecular weight excluding hydrogens is 362 g/mol. The number of benzene rings is 2. The predicted molar refractivity (Wildman–Crippen MR) is 116 cm³/mol. The van der Waals surface area contributed by atoms with Crippen molar-refractivity contribution >= 4 is 23.0 Å². The lowest BCUT2D eigenvalue weighted by Crippen LogP contribution is -2.14. The fourth-order valence-corrected chi connectivity index (χ4v) is 3.97. The van der Waals surface area contributed by atoms with Crippen LogP contribution in [0.15, 0.2) is 67.0 Å². The number of nitrogens with zero attached hydrogens (tertiary/aromatic N) is 2. The van der Waals surface area contributed by atoms with Gasteiger partial charge in [-0.25, -0.2) is 4.79 Å². The van der Waals surface area contributed by atoms with E-state index in [9.17, 15) is 4.79 Å². The summed E-state index contributed by atoms with van der Waals surface area (Å²) < 4.78 is 4.87. The van der Waals surface area contributed by atoms with Crippen molar-refractivity contribution in [2.45, 2.75) is 18.8 Å². The highest BCUT2D eigenvalue weighted by atomic mass is 16.5. The molecule has 0 saturated heterocycles. The fourth-order valence-electron chi connectivity index (χ4n) is 3.97. The maximum Gasteiger partial charge on any atom is 0.340 e. The fraction of sp³-hybridized carbons (Fsp3) is 0.250. The van der Waals surface area contributed by atoms with Crippen LogP contribution in [0.25, 0.3) is 0 Å². The van der Waals surface area contributed by atoms with Crippen molar-refractivity contribution in [3.05, 3.63) is 83.7 Å². The average Bonchev–Trinajstić information content (AvgIpc) is 3.19. The summed E-state index contributed by atoms with van der Waals surface area (Å²) in [7, 11) is 3.49. The summed E-state index contributed by atoms with van der Waals surface area (Å²) in [6.45, 7) is 0.760. The first-order valence-electron chi connectivity index (χ1n) is 9.85. The van der Waals surface area contributed by atoms with Crippen molar-refractivity contribution < 1.29 is 9.53 Å². The molecule has 0 spiro atoms. The van der Waals surface area contributed by atoms with E-state index >= 15 is 0 Å². The summed E-state index contributed by atoms with van der Waals surface area (Å²) >= 11 is 0. The molecule has 1 aliphatic rings. The van der Waals surface area contributed by atoms with Gasteiger partial charge < -0.3 is 15.0 Å². The molecule has 2 aromatic carbocycles. The number of ether oxygens (including phenoxy) is 1. The van der Waals surface area contributed by atoms with Gasteiger partial charge in [0.25, 0.3) is 0 Å². The molecule has 0 radical (unpaired) electrons. The van der Waals surface area contributed by atoms with Crippen molar-refractivity contribution in [3.63, 3.8) is 0 Å². The molecule has 0 saturated carbocycles. The molecule has 3 aromatic rings. The third kappa shape index (κ3) is 3.94. The number of esters is 1. The minimum atomic E-state index is -0.352. The highest BCUT2D eigenvalue weighted by Gasteiger charge is 2.24. The summed E-state index contributed by atoms with van der Waals surface area (Å²) in [6.07, 6.45) is 5.44. The molecule has 0 fully saturated rings. The summed E-state index contributed by atoms with van der Waals surface area (Å²) in [5.74, 6) is 0.0575. The van der Waals surface area contributed by atoms with Gasteiger partial charge in [-0.05, 0) is 54.3 Å². The molecule has 4 rings (SSSR count). The SMILES string of the molecule is COC(=O)c1ccncc1NC[C@H]1CCc2cc(N(C)c3ccccc3)ccc21. The molecule has 29 heavy (non-hydrogen) atoms. The van der Waals surface area contributed by atoms with Crippen LogP contribution in [0.2, 0.25) is 0 Å². The van der Waals surface area contributed by atoms with Gasteiger partial charge in [0.1, 0.15) is 0 Å². The molecule has 1 aliphatic carbocycles. The van der Waals surface area contributed by atoms with Gasteiger partial charge in [-0.1, -0.05) is 24.3 Å². The van der Waals surface area contributed by atoms with Crippen molar-refractivity contribution in [1.82, 2.24) is 4.98 Å². The van der Waals surface area contributed by atoms with Crippen LogP contribution in [0.3, 0.4) is 0 Å². The molecule has 5 heteroatoms. The lowest BCUT2D eigenvalue weighted by atomic mass is 10.0. The van der Waals surface area contributed by atoms with Crippen molar-refractivity contribution in [2.24, 2.45) is 0 Å². The molecule has 1 heterocycles. The standard InChI is InChI=1S/C24H25N3O2/c1-27(19-6-4-3-5-7-19)20-10-11-21-17(14-20)8-9-18(21)15-26-23-16-25-13-12-22(23)24(28)29-2/h3-7,10-14,16,18,26H,8-9,15H2,1-2H3/t18-/m1/s1. The van der Waals surface area contributed by atoms with Crippen LogP contribution in [-0.2, 0) is 11.2 Å². The second kappa shape index (κ2) is 8.35. The van der Waals surface area contributed by atoms with Gasteiger partial charge >= 0.3 is 5.97 Å². The number of aryl methyl sites for hydroxylation is 1. The topological polar surface area (TPSA) is 54.5 Å². The highest BCUT2D eigenvalue weighted by molar-refractivity contribution is 5.95.